The molecule has 0 atom stereocenters. The van der Waals surface area contributed by atoms with Crippen molar-refractivity contribution < 1.29 is 9.90 Å². The molecule has 1 aromatic carbocycles. The molecule has 0 unspecified atom stereocenters. The molecule has 0 saturated carbocycles. The molecule has 0 saturated heterocycles. The third-order valence-corrected chi connectivity index (χ3v) is 4.21. The monoisotopic (exact) mass is 256 g/mol. The number of carbonyl (C=O) groups is 1. The Kier molecular flexibility index (Phi) is 2.76. The molecule has 0 aliphatic heterocycles. The third-order valence-electron chi connectivity index (χ3n) is 3.23. The molecule has 3 rings (SSSR count). The van der Waals surface area contributed by atoms with E-state index in [9.17, 15) is 4.79 Å². The van der Waals surface area contributed by atoms with Gasteiger partial charge in [0.1, 0.15) is 0 Å². The standard InChI is InChI=1S/C15H12O2S/c16-15(17)9-13-11-4-2-1-3-10(11)5-6-14-12(13)7-8-18-14/h1-4,7-9H,5-6H2,(H,16,17)/b13-9+. The van der Waals surface area contributed by atoms with E-state index in [-0.39, 0.29) is 0 Å². The summed E-state index contributed by atoms with van der Waals surface area (Å²) in [6.45, 7) is 0. The number of aryl methyl sites for hydroxylation is 2. The van der Waals surface area contributed by atoms with Crippen molar-refractivity contribution in [2.24, 2.45) is 0 Å². The van der Waals surface area contributed by atoms with E-state index >= 15 is 0 Å². The Morgan fingerprint density at radius 2 is 2.00 bits per heavy atom. The molecule has 18 heavy (non-hydrogen) atoms. The van der Waals surface area contributed by atoms with Crippen LogP contribution in [0.5, 0.6) is 0 Å². The fourth-order valence-electron chi connectivity index (χ4n) is 2.45. The highest BCUT2D eigenvalue weighted by Gasteiger charge is 2.19. The second-order valence-electron chi connectivity index (χ2n) is 4.31. The number of aliphatic carboxylic acids is 1. The first-order chi connectivity index (χ1) is 8.75. The molecular weight excluding hydrogens is 244 g/mol. The number of benzene rings is 1. The van der Waals surface area contributed by atoms with E-state index in [1.807, 2.05) is 29.6 Å². The van der Waals surface area contributed by atoms with Crippen LogP contribution in [-0.2, 0) is 17.6 Å². The van der Waals surface area contributed by atoms with Gasteiger partial charge in [0.2, 0.25) is 0 Å². The Hall–Kier alpha value is -1.87. The van der Waals surface area contributed by atoms with E-state index in [0.717, 1.165) is 29.5 Å². The second kappa shape index (κ2) is 4.42. The summed E-state index contributed by atoms with van der Waals surface area (Å²) in [5.41, 5.74) is 4.20. The molecule has 0 spiro atoms. The van der Waals surface area contributed by atoms with Crippen LogP contribution in [0.2, 0.25) is 0 Å². The molecule has 2 nitrogen and oxygen atoms in total. The van der Waals surface area contributed by atoms with Crippen LogP contribution in [-0.4, -0.2) is 11.1 Å². The summed E-state index contributed by atoms with van der Waals surface area (Å²) in [5.74, 6) is -0.890. The fourth-order valence-corrected chi connectivity index (χ4v) is 3.34. The Balaban J connectivity index is 2.26. The number of carboxylic acid groups (broad SMARTS) is 1. The molecule has 0 bridgehead atoms. The first-order valence-corrected chi connectivity index (χ1v) is 6.73. The van der Waals surface area contributed by atoms with Crippen LogP contribution < -0.4 is 0 Å². The lowest BCUT2D eigenvalue weighted by molar-refractivity contribution is -0.131. The summed E-state index contributed by atoms with van der Waals surface area (Å²) in [5, 5.41) is 11.1. The average molecular weight is 256 g/mol. The Morgan fingerprint density at radius 1 is 1.17 bits per heavy atom. The molecule has 0 fully saturated rings. The summed E-state index contributed by atoms with van der Waals surface area (Å²) in [4.78, 5) is 12.3. The van der Waals surface area contributed by atoms with Crippen LogP contribution in [0.15, 0.2) is 41.8 Å². The fraction of sp³-hybridized carbons (Fsp3) is 0.133. The maximum Gasteiger partial charge on any atom is 0.328 e. The van der Waals surface area contributed by atoms with Gasteiger partial charge in [0.15, 0.2) is 0 Å². The lowest BCUT2D eigenvalue weighted by Crippen LogP contribution is -1.95. The largest absolute Gasteiger partial charge is 0.478 e. The van der Waals surface area contributed by atoms with Gasteiger partial charge in [-0.25, -0.2) is 4.79 Å². The second-order valence-corrected chi connectivity index (χ2v) is 5.31. The number of carboxylic acids is 1. The van der Waals surface area contributed by atoms with Gasteiger partial charge in [0.05, 0.1) is 0 Å². The normalized spacial score (nSPS) is 15.9. The Labute approximate surface area is 109 Å². The molecule has 3 heteroatoms. The maximum absolute atomic E-state index is 11.0. The van der Waals surface area contributed by atoms with Crippen LogP contribution in [0, 0.1) is 0 Å². The van der Waals surface area contributed by atoms with E-state index in [2.05, 4.69) is 6.07 Å². The van der Waals surface area contributed by atoms with E-state index < -0.39 is 5.97 Å². The van der Waals surface area contributed by atoms with Crippen LogP contribution in [0.4, 0.5) is 0 Å². The van der Waals surface area contributed by atoms with Crippen LogP contribution in [0.1, 0.15) is 21.6 Å². The van der Waals surface area contributed by atoms with Gasteiger partial charge in [-0.1, -0.05) is 24.3 Å². The van der Waals surface area contributed by atoms with Crippen LogP contribution in [0.3, 0.4) is 0 Å². The minimum Gasteiger partial charge on any atom is -0.478 e. The molecular formula is C15H12O2S. The first kappa shape index (κ1) is 11.2. The highest BCUT2D eigenvalue weighted by Crippen LogP contribution is 2.35. The molecule has 1 N–H and O–H groups in total. The zero-order valence-electron chi connectivity index (χ0n) is 9.72. The zero-order chi connectivity index (χ0) is 12.5. The number of thiophene rings is 1. The quantitative estimate of drug-likeness (QED) is 0.794. The molecule has 1 aromatic heterocycles. The number of rotatable bonds is 1. The van der Waals surface area contributed by atoms with Gasteiger partial charge in [-0.15, -0.1) is 11.3 Å². The van der Waals surface area contributed by atoms with Crippen molar-refractivity contribution >= 4 is 22.9 Å². The topological polar surface area (TPSA) is 37.3 Å². The molecule has 0 radical (unpaired) electrons. The molecule has 2 aromatic rings. The predicted molar refractivity (Wildman–Crippen MR) is 72.9 cm³/mol. The average Bonchev–Trinajstić information content (AvgIpc) is 2.77. The number of hydrogen-bond donors (Lipinski definition) is 1. The molecule has 0 amide bonds. The predicted octanol–water partition coefficient (Wildman–Crippen LogP) is 3.36. The van der Waals surface area contributed by atoms with Crippen molar-refractivity contribution in [1.82, 2.24) is 0 Å². The van der Waals surface area contributed by atoms with E-state index in [1.165, 1.54) is 16.5 Å². The van der Waals surface area contributed by atoms with Crippen molar-refractivity contribution in [3.63, 3.8) is 0 Å². The van der Waals surface area contributed by atoms with Gasteiger partial charge in [-0.05, 0) is 46.6 Å². The summed E-state index contributed by atoms with van der Waals surface area (Å²) in [6.07, 6.45) is 3.29. The SMILES string of the molecule is O=C(O)/C=C1\c2ccccc2CCc2sccc21. The molecule has 1 heterocycles. The molecule has 90 valence electrons. The zero-order valence-corrected chi connectivity index (χ0v) is 10.5. The summed E-state index contributed by atoms with van der Waals surface area (Å²) in [7, 11) is 0. The van der Waals surface area contributed by atoms with Gasteiger partial charge in [-0.3, -0.25) is 0 Å². The van der Waals surface area contributed by atoms with Crippen molar-refractivity contribution in [3.05, 3.63) is 63.4 Å². The summed E-state index contributed by atoms with van der Waals surface area (Å²) < 4.78 is 0. The maximum atomic E-state index is 11.0. The van der Waals surface area contributed by atoms with E-state index in [4.69, 9.17) is 5.11 Å². The minimum absolute atomic E-state index is 0.840. The van der Waals surface area contributed by atoms with Gasteiger partial charge >= 0.3 is 5.97 Å². The van der Waals surface area contributed by atoms with E-state index in [1.54, 1.807) is 11.3 Å². The minimum atomic E-state index is -0.890. The van der Waals surface area contributed by atoms with Crippen molar-refractivity contribution in [3.8, 4) is 0 Å². The molecule has 1 aliphatic rings. The van der Waals surface area contributed by atoms with Gasteiger partial charge in [0, 0.05) is 11.0 Å². The highest BCUT2D eigenvalue weighted by molar-refractivity contribution is 7.10. The summed E-state index contributed by atoms with van der Waals surface area (Å²) >= 11 is 1.71. The first-order valence-electron chi connectivity index (χ1n) is 5.85. The van der Waals surface area contributed by atoms with Crippen molar-refractivity contribution in [2.45, 2.75) is 12.8 Å². The lowest BCUT2D eigenvalue weighted by atomic mass is 9.96. The summed E-state index contributed by atoms with van der Waals surface area (Å²) in [6, 6.07) is 10.1. The molecule has 1 aliphatic carbocycles. The van der Waals surface area contributed by atoms with Crippen LogP contribution in [0.25, 0.3) is 5.57 Å². The van der Waals surface area contributed by atoms with Crippen molar-refractivity contribution in [1.29, 1.82) is 0 Å². The van der Waals surface area contributed by atoms with Gasteiger partial charge in [0.25, 0.3) is 0 Å². The highest BCUT2D eigenvalue weighted by atomic mass is 32.1. The van der Waals surface area contributed by atoms with Gasteiger partial charge in [-0.2, -0.15) is 0 Å². The lowest BCUT2D eigenvalue weighted by Gasteiger charge is -2.08. The van der Waals surface area contributed by atoms with Crippen molar-refractivity contribution in [2.75, 3.05) is 0 Å². The third kappa shape index (κ3) is 1.87. The van der Waals surface area contributed by atoms with Gasteiger partial charge < -0.3 is 5.11 Å². The Morgan fingerprint density at radius 3 is 2.83 bits per heavy atom. The Bertz CT molecular complexity index is 637. The van der Waals surface area contributed by atoms with Crippen LogP contribution >= 0.6 is 11.3 Å². The number of hydrogen-bond acceptors (Lipinski definition) is 2. The smallest absolute Gasteiger partial charge is 0.328 e. The van der Waals surface area contributed by atoms with E-state index in [0.29, 0.717) is 0 Å². The number of fused-ring (bicyclic) bond motifs is 2.